The fourth-order valence-electron chi connectivity index (χ4n) is 2.09. The minimum atomic E-state index is 0.681. The molecule has 0 fully saturated rings. The number of hydrogen-bond donors (Lipinski definition) is 2. The molecular weight excluding hydrogens is 304 g/mol. The van der Waals surface area contributed by atoms with Crippen molar-refractivity contribution in [2.45, 2.75) is 26.7 Å². The number of rotatable bonds is 4. The van der Waals surface area contributed by atoms with Gasteiger partial charge in [-0.25, -0.2) is 15.8 Å². The van der Waals surface area contributed by atoms with Crippen molar-refractivity contribution >= 4 is 21.7 Å². The van der Waals surface area contributed by atoms with E-state index < -0.39 is 0 Å². The quantitative estimate of drug-likeness (QED) is 0.671. The van der Waals surface area contributed by atoms with Crippen LogP contribution in [0, 0.1) is 6.92 Å². The summed E-state index contributed by atoms with van der Waals surface area (Å²) >= 11 is 3.54. The van der Waals surface area contributed by atoms with Crippen LogP contribution in [0.2, 0.25) is 0 Å². The summed E-state index contributed by atoms with van der Waals surface area (Å²) in [7, 11) is 0. The molecule has 100 valence electrons. The molecule has 5 heteroatoms. The molecule has 0 unspecified atom stereocenters. The van der Waals surface area contributed by atoms with E-state index in [4.69, 9.17) is 5.84 Å². The van der Waals surface area contributed by atoms with E-state index in [1.165, 1.54) is 0 Å². The number of halogens is 1. The molecule has 0 saturated heterocycles. The average Bonchev–Trinajstić information content (AvgIpc) is 2.40. The first-order chi connectivity index (χ1) is 9.15. The summed E-state index contributed by atoms with van der Waals surface area (Å²) in [6, 6.07) is 8.08. The van der Waals surface area contributed by atoms with Gasteiger partial charge in [-0.05, 0) is 25.0 Å². The second-order valence-electron chi connectivity index (χ2n) is 4.32. The lowest BCUT2D eigenvalue weighted by Crippen LogP contribution is -2.14. The Morgan fingerprint density at radius 1 is 1.26 bits per heavy atom. The number of hydrogen-bond acceptors (Lipinski definition) is 4. The van der Waals surface area contributed by atoms with Gasteiger partial charge >= 0.3 is 0 Å². The van der Waals surface area contributed by atoms with Crippen molar-refractivity contribution in [3.8, 4) is 0 Å². The van der Waals surface area contributed by atoms with Crippen LogP contribution in [-0.2, 0) is 12.8 Å². The molecule has 0 aliphatic heterocycles. The SMILES string of the molecule is CCc1c(C)nc(Cc2ccccc2Br)nc1NN. The third kappa shape index (κ3) is 3.11. The van der Waals surface area contributed by atoms with Gasteiger partial charge < -0.3 is 5.43 Å². The van der Waals surface area contributed by atoms with E-state index in [9.17, 15) is 0 Å². The monoisotopic (exact) mass is 320 g/mol. The van der Waals surface area contributed by atoms with Gasteiger partial charge in [-0.15, -0.1) is 0 Å². The zero-order valence-electron chi connectivity index (χ0n) is 11.1. The molecule has 2 aromatic rings. The molecule has 2 rings (SSSR count). The Hall–Kier alpha value is -1.46. The molecule has 1 aromatic carbocycles. The molecule has 0 saturated carbocycles. The van der Waals surface area contributed by atoms with Crippen LogP contribution in [0.5, 0.6) is 0 Å². The molecule has 0 aliphatic carbocycles. The van der Waals surface area contributed by atoms with Crippen LogP contribution in [0.1, 0.15) is 29.6 Å². The lowest BCUT2D eigenvalue weighted by Gasteiger charge is -2.11. The molecule has 0 bridgehead atoms. The van der Waals surface area contributed by atoms with Crippen molar-refractivity contribution in [3.05, 3.63) is 51.4 Å². The van der Waals surface area contributed by atoms with Crippen LogP contribution in [0.3, 0.4) is 0 Å². The van der Waals surface area contributed by atoms with Crippen molar-refractivity contribution in [2.24, 2.45) is 5.84 Å². The highest BCUT2D eigenvalue weighted by molar-refractivity contribution is 9.10. The van der Waals surface area contributed by atoms with Gasteiger partial charge in [0.05, 0.1) is 0 Å². The number of aromatic nitrogens is 2. The summed E-state index contributed by atoms with van der Waals surface area (Å²) in [5, 5.41) is 0. The molecule has 0 spiro atoms. The largest absolute Gasteiger partial charge is 0.308 e. The molecule has 0 atom stereocenters. The predicted octanol–water partition coefficient (Wildman–Crippen LogP) is 2.99. The molecular formula is C14H17BrN4. The number of hydrazine groups is 1. The van der Waals surface area contributed by atoms with Crippen LogP contribution in [0.15, 0.2) is 28.7 Å². The Morgan fingerprint density at radius 3 is 2.63 bits per heavy atom. The minimum absolute atomic E-state index is 0.681. The highest BCUT2D eigenvalue weighted by Crippen LogP contribution is 2.21. The summed E-state index contributed by atoms with van der Waals surface area (Å²) in [6.07, 6.45) is 1.54. The average molecular weight is 321 g/mol. The summed E-state index contributed by atoms with van der Waals surface area (Å²) in [5.74, 6) is 7.03. The molecule has 1 heterocycles. The number of aryl methyl sites for hydroxylation is 1. The summed E-state index contributed by atoms with van der Waals surface area (Å²) in [5.41, 5.74) is 5.87. The van der Waals surface area contributed by atoms with Crippen molar-refractivity contribution < 1.29 is 0 Å². The maximum Gasteiger partial charge on any atom is 0.147 e. The van der Waals surface area contributed by atoms with Crippen molar-refractivity contribution in [1.29, 1.82) is 0 Å². The zero-order chi connectivity index (χ0) is 13.8. The molecule has 3 N–H and O–H groups in total. The van der Waals surface area contributed by atoms with Crippen LogP contribution >= 0.6 is 15.9 Å². The molecule has 19 heavy (non-hydrogen) atoms. The summed E-state index contributed by atoms with van der Waals surface area (Å²) < 4.78 is 1.07. The van der Waals surface area contributed by atoms with Crippen molar-refractivity contribution in [1.82, 2.24) is 9.97 Å². The van der Waals surface area contributed by atoms with E-state index in [0.717, 1.165) is 39.4 Å². The van der Waals surface area contributed by atoms with E-state index in [1.54, 1.807) is 0 Å². The second kappa shape index (κ2) is 6.12. The molecule has 4 nitrogen and oxygen atoms in total. The zero-order valence-corrected chi connectivity index (χ0v) is 12.7. The van der Waals surface area contributed by atoms with Crippen LogP contribution in [0.4, 0.5) is 5.82 Å². The van der Waals surface area contributed by atoms with E-state index >= 15 is 0 Å². The van der Waals surface area contributed by atoms with Gasteiger partial charge in [-0.3, -0.25) is 0 Å². The number of nitrogens with two attached hydrogens (primary N) is 1. The number of benzene rings is 1. The third-order valence-corrected chi connectivity index (χ3v) is 3.83. The van der Waals surface area contributed by atoms with Gasteiger partial charge in [0.2, 0.25) is 0 Å². The fourth-order valence-corrected chi connectivity index (χ4v) is 2.51. The Morgan fingerprint density at radius 2 is 2.00 bits per heavy atom. The Kier molecular flexibility index (Phi) is 4.50. The van der Waals surface area contributed by atoms with Crippen LogP contribution < -0.4 is 11.3 Å². The van der Waals surface area contributed by atoms with E-state index in [-0.39, 0.29) is 0 Å². The highest BCUT2D eigenvalue weighted by Gasteiger charge is 2.10. The Labute approximate surface area is 121 Å². The third-order valence-electron chi connectivity index (χ3n) is 3.06. The maximum absolute atomic E-state index is 5.54. The van der Waals surface area contributed by atoms with E-state index in [1.807, 2.05) is 25.1 Å². The van der Waals surface area contributed by atoms with Crippen LogP contribution in [0.25, 0.3) is 0 Å². The second-order valence-corrected chi connectivity index (χ2v) is 5.17. The normalized spacial score (nSPS) is 10.5. The van der Waals surface area contributed by atoms with E-state index in [0.29, 0.717) is 6.42 Å². The number of nitrogen functional groups attached to an aromatic ring is 1. The van der Waals surface area contributed by atoms with Crippen molar-refractivity contribution in [2.75, 3.05) is 5.43 Å². The molecule has 0 aliphatic rings. The first-order valence-electron chi connectivity index (χ1n) is 6.22. The Balaban J connectivity index is 2.36. The summed E-state index contributed by atoms with van der Waals surface area (Å²) in [4.78, 5) is 9.05. The lowest BCUT2D eigenvalue weighted by molar-refractivity contribution is 0.902. The first kappa shape index (κ1) is 14.0. The van der Waals surface area contributed by atoms with E-state index in [2.05, 4.69) is 44.3 Å². The standard InChI is InChI=1S/C14H17BrN4/c1-3-11-9(2)17-13(18-14(11)19-16)8-10-6-4-5-7-12(10)15/h4-7H,3,8,16H2,1-2H3,(H,17,18,19). The Bertz CT molecular complexity index is 584. The topological polar surface area (TPSA) is 63.8 Å². The van der Waals surface area contributed by atoms with Gasteiger partial charge in [0, 0.05) is 22.2 Å². The van der Waals surface area contributed by atoms with Crippen molar-refractivity contribution in [3.63, 3.8) is 0 Å². The van der Waals surface area contributed by atoms with Gasteiger partial charge in [-0.1, -0.05) is 41.1 Å². The molecule has 0 amide bonds. The van der Waals surface area contributed by atoms with Gasteiger partial charge in [-0.2, -0.15) is 0 Å². The van der Waals surface area contributed by atoms with Gasteiger partial charge in [0.1, 0.15) is 11.6 Å². The number of nitrogens with one attached hydrogen (secondary N) is 1. The predicted molar refractivity (Wildman–Crippen MR) is 80.9 cm³/mol. The molecule has 1 aromatic heterocycles. The van der Waals surface area contributed by atoms with Gasteiger partial charge in [0.25, 0.3) is 0 Å². The molecule has 0 radical (unpaired) electrons. The first-order valence-corrected chi connectivity index (χ1v) is 7.01. The van der Waals surface area contributed by atoms with Gasteiger partial charge in [0.15, 0.2) is 0 Å². The number of nitrogens with zero attached hydrogens (tertiary/aromatic N) is 2. The fraction of sp³-hybridized carbons (Fsp3) is 0.286. The minimum Gasteiger partial charge on any atom is -0.308 e. The maximum atomic E-state index is 5.54. The highest BCUT2D eigenvalue weighted by atomic mass is 79.9. The van der Waals surface area contributed by atoms with Crippen LogP contribution in [-0.4, -0.2) is 9.97 Å². The lowest BCUT2D eigenvalue weighted by atomic mass is 10.1. The summed E-state index contributed by atoms with van der Waals surface area (Å²) in [6.45, 7) is 4.06. The number of anilines is 1. The smallest absolute Gasteiger partial charge is 0.147 e.